The predicted octanol–water partition coefficient (Wildman–Crippen LogP) is 4.94. The van der Waals surface area contributed by atoms with E-state index in [4.69, 9.17) is 9.47 Å². The Hall–Kier alpha value is -3.69. The van der Waals surface area contributed by atoms with Gasteiger partial charge in [-0.15, -0.1) is 0 Å². The van der Waals surface area contributed by atoms with Crippen molar-refractivity contribution in [1.29, 1.82) is 0 Å². The van der Waals surface area contributed by atoms with Gasteiger partial charge in [-0.1, -0.05) is 6.07 Å². The summed E-state index contributed by atoms with van der Waals surface area (Å²) in [6.07, 6.45) is 2.95. The molecule has 2 amide bonds. The molecule has 1 saturated heterocycles. The number of nitrogens with one attached hydrogen (secondary N) is 1. The lowest BCUT2D eigenvalue weighted by Gasteiger charge is -2.28. The summed E-state index contributed by atoms with van der Waals surface area (Å²) in [4.78, 5) is 32.0. The molecule has 3 aromatic rings. The first-order chi connectivity index (χ1) is 17.4. The number of ether oxygens (including phenoxy) is 2. The van der Waals surface area contributed by atoms with Crippen molar-refractivity contribution in [3.05, 3.63) is 64.6 Å². The fraction of sp³-hybridized carbons (Fsp3) is 0.444. The molecule has 1 atom stereocenters. The number of amides is 2. The van der Waals surface area contributed by atoms with E-state index >= 15 is 0 Å². The second-order valence-corrected chi connectivity index (χ2v) is 10.3. The molecule has 1 N–H and O–H groups in total. The Morgan fingerprint density at radius 3 is 2.57 bits per heavy atom. The number of fused-ring (bicyclic) bond motifs is 1. The molecular weight excluding hydrogens is 482 g/mol. The quantitative estimate of drug-likeness (QED) is 0.504. The number of aryl methyl sites for hydroxylation is 2. The number of imidazole rings is 1. The molecular formula is C27H32F2N4O4. The van der Waals surface area contributed by atoms with E-state index in [2.05, 4.69) is 10.3 Å². The smallest absolute Gasteiger partial charge is 0.410 e. The number of rotatable bonds is 6. The highest BCUT2D eigenvalue weighted by atomic mass is 19.1. The molecule has 10 heteroatoms. The van der Waals surface area contributed by atoms with Crippen LogP contribution in [0.2, 0.25) is 0 Å². The normalized spacial score (nSPS) is 15.8. The molecule has 4 rings (SSSR count). The Kier molecular flexibility index (Phi) is 7.38. The highest BCUT2D eigenvalue weighted by Gasteiger charge is 2.32. The minimum Gasteiger partial charge on any atom is -0.485 e. The van der Waals surface area contributed by atoms with Crippen molar-refractivity contribution in [2.24, 2.45) is 0 Å². The van der Waals surface area contributed by atoms with Crippen LogP contribution >= 0.6 is 0 Å². The third-order valence-corrected chi connectivity index (χ3v) is 6.15. The van der Waals surface area contributed by atoms with Gasteiger partial charge in [0.2, 0.25) is 0 Å². The maximum absolute atomic E-state index is 14.1. The lowest BCUT2D eigenvalue weighted by atomic mass is 10.2. The molecule has 0 radical (unpaired) electrons. The molecule has 8 nitrogen and oxygen atoms in total. The van der Waals surface area contributed by atoms with Gasteiger partial charge in [0.05, 0.1) is 17.3 Å². The number of hydrogen-bond acceptors (Lipinski definition) is 5. The van der Waals surface area contributed by atoms with Crippen LogP contribution in [0.15, 0.2) is 30.5 Å². The summed E-state index contributed by atoms with van der Waals surface area (Å²) < 4.78 is 41.0. The van der Waals surface area contributed by atoms with Crippen molar-refractivity contribution in [2.75, 3.05) is 13.1 Å². The van der Waals surface area contributed by atoms with Gasteiger partial charge >= 0.3 is 6.09 Å². The maximum atomic E-state index is 14.1. The highest BCUT2D eigenvalue weighted by molar-refractivity contribution is 5.95. The molecule has 1 fully saturated rings. The Labute approximate surface area is 214 Å². The second kappa shape index (κ2) is 10.4. The van der Waals surface area contributed by atoms with Crippen LogP contribution < -0.4 is 10.1 Å². The Morgan fingerprint density at radius 1 is 1.19 bits per heavy atom. The van der Waals surface area contributed by atoms with Crippen LogP contribution in [0.3, 0.4) is 0 Å². The number of nitrogens with zero attached hydrogens (tertiary/aromatic N) is 3. The van der Waals surface area contributed by atoms with Gasteiger partial charge in [0.1, 0.15) is 29.5 Å². The summed E-state index contributed by atoms with van der Waals surface area (Å²) in [6, 6.07) is 5.17. The predicted molar refractivity (Wildman–Crippen MR) is 134 cm³/mol. The van der Waals surface area contributed by atoms with Crippen molar-refractivity contribution < 1.29 is 27.8 Å². The van der Waals surface area contributed by atoms with Crippen LogP contribution in [0.4, 0.5) is 13.6 Å². The van der Waals surface area contributed by atoms with E-state index < -0.39 is 17.2 Å². The van der Waals surface area contributed by atoms with E-state index in [1.165, 1.54) is 18.2 Å². The number of halogens is 2. The van der Waals surface area contributed by atoms with Crippen LogP contribution in [0.25, 0.3) is 5.65 Å². The molecule has 0 spiro atoms. The number of carbonyl (C=O) groups excluding carboxylic acids is 2. The molecule has 37 heavy (non-hydrogen) atoms. The summed E-state index contributed by atoms with van der Waals surface area (Å²) >= 11 is 0. The molecule has 3 heterocycles. The average Bonchev–Trinajstić information content (AvgIpc) is 3.40. The third-order valence-electron chi connectivity index (χ3n) is 6.15. The zero-order chi connectivity index (χ0) is 26.9. The van der Waals surface area contributed by atoms with Gasteiger partial charge in [0.15, 0.2) is 11.4 Å². The van der Waals surface area contributed by atoms with Crippen LogP contribution in [-0.2, 0) is 11.3 Å². The maximum Gasteiger partial charge on any atom is 0.410 e. The van der Waals surface area contributed by atoms with E-state index in [0.29, 0.717) is 29.3 Å². The third kappa shape index (κ3) is 5.84. The largest absolute Gasteiger partial charge is 0.485 e. The average molecular weight is 515 g/mol. The lowest BCUT2D eigenvalue weighted by Crippen LogP contribution is -2.45. The van der Waals surface area contributed by atoms with Crippen molar-refractivity contribution in [3.63, 3.8) is 0 Å². The molecule has 1 aliphatic rings. The van der Waals surface area contributed by atoms with Gasteiger partial charge in [0.25, 0.3) is 5.91 Å². The fourth-order valence-corrected chi connectivity index (χ4v) is 4.46. The molecule has 0 aliphatic carbocycles. The van der Waals surface area contributed by atoms with Crippen molar-refractivity contribution >= 4 is 17.6 Å². The first-order valence-corrected chi connectivity index (χ1v) is 12.3. The van der Waals surface area contributed by atoms with E-state index in [-0.39, 0.29) is 36.8 Å². The van der Waals surface area contributed by atoms with E-state index in [1.807, 2.05) is 27.7 Å². The van der Waals surface area contributed by atoms with Gasteiger partial charge in [-0.3, -0.25) is 9.20 Å². The van der Waals surface area contributed by atoms with Gasteiger partial charge in [-0.05, 0) is 71.2 Å². The fourth-order valence-electron chi connectivity index (χ4n) is 4.46. The number of aromatic nitrogens is 2. The number of hydrogen-bond donors (Lipinski definition) is 1. The SMILES string of the molecule is Cc1cc(OCc2c(F)cccc2F)c2nc(C)c(C(=O)NC[C@@H]3CCCN3C(=O)OC(C)(C)C)n2c1. The summed E-state index contributed by atoms with van der Waals surface area (Å²) in [6.45, 7) is 9.50. The molecule has 1 aromatic carbocycles. The number of benzene rings is 1. The lowest BCUT2D eigenvalue weighted by molar-refractivity contribution is 0.0225. The number of likely N-dealkylation sites (tertiary alicyclic amines) is 1. The minimum atomic E-state index is -0.699. The summed E-state index contributed by atoms with van der Waals surface area (Å²) in [5.41, 5.74) is 1.14. The first kappa shape index (κ1) is 26.4. The van der Waals surface area contributed by atoms with E-state index in [0.717, 1.165) is 18.4 Å². The molecule has 198 valence electrons. The number of carbonyl (C=O) groups is 2. The molecule has 0 bridgehead atoms. The van der Waals surface area contributed by atoms with Crippen LogP contribution in [0.5, 0.6) is 5.75 Å². The van der Waals surface area contributed by atoms with Gasteiger partial charge in [-0.25, -0.2) is 18.6 Å². The molecule has 1 aliphatic heterocycles. The zero-order valence-corrected chi connectivity index (χ0v) is 21.7. The van der Waals surface area contributed by atoms with E-state index in [1.54, 1.807) is 28.5 Å². The monoisotopic (exact) mass is 514 g/mol. The van der Waals surface area contributed by atoms with Gasteiger partial charge in [-0.2, -0.15) is 0 Å². The molecule has 2 aromatic heterocycles. The highest BCUT2D eigenvalue weighted by Crippen LogP contribution is 2.26. The molecule has 0 saturated carbocycles. The summed E-state index contributed by atoms with van der Waals surface area (Å²) in [5.74, 6) is -1.44. The second-order valence-electron chi connectivity index (χ2n) is 10.3. The standard InChI is InChI=1S/C27H32F2N4O4/c1-16-12-22(36-15-19-20(28)9-6-10-21(19)29)24-31-17(2)23(33(24)14-16)25(34)30-13-18-8-7-11-32(18)26(35)37-27(3,4)5/h6,9-10,12,14,18H,7-8,11,13,15H2,1-5H3,(H,30,34)/t18-/m0/s1. The van der Waals surface area contributed by atoms with Crippen LogP contribution in [-0.4, -0.2) is 51.0 Å². The van der Waals surface area contributed by atoms with Gasteiger partial charge in [0, 0.05) is 19.3 Å². The van der Waals surface area contributed by atoms with Crippen molar-refractivity contribution in [2.45, 2.75) is 65.7 Å². The summed E-state index contributed by atoms with van der Waals surface area (Å²) in [7, 11) is 0. The number of pyridine rings is 1. The van der Waals surface area contributed by atoms with Crippen LogP contribution in [0.1, 0.15) is 60.9 Å². The topological polar surface area (TPSA) is 85.2 Å². The Balaban J connectivity index is 1.52. The van der Waals surface area contributed by atoms with Crippen LogP contribution in [0, 0.1) is 25.5 Å². The Bertz CT molecular complexity index is 1310. The van der Waals surface area contributed by atoms with Crippen molar-refractivity contribution in [3.8, 4) is 5.75 Å². The molecule has 0 unspecified atom stereocenters. The van der Waals surface area contributed by atoms with Gasteiger partial charge < -0.3 is 19.7 Å². The first-order valence-electron chi connectivity index (χ1n) is 12.3. The van der Waals surface area contributed by atoms with Crippen molar-refractivity contribution in [1.82, 2.24) is 19.6 Å². The minimum absolute atomic E-state index is 0.172. The summed E-state index contributed by atoms with van der Waals surface area (Å²) in [5, 5.41) is 2.93. The zero-order valence-electron chi connectivity index (χ0n) is 21.7. The Morgan fingerprint density at radius 2 is 1.89 bits per heavy atom. The van der Waals surface area contributed by atoms with E-state index in [9.17, 15) is 18.4 Å².